The lowest BCUT2D eigenvalue weighted by Gasteiger charge is -2.40. The monoisotopic (exact) mass is 403 g/mol. The first kappa shape index (κ1) is 19.7. The smallest absolute Gasteiger partial charge is 0.120 e. The van der Waals surface area contributed by atoms with Crippen LogP contribution in [0.1, 0.15) is 43.2 Å². The van der Waals surface area contributed by atoms with Gasteiger partial charge in [0.2, 0.25) is 0 Å². The van der Waals surface area contributed by atoms with Gasteiger partial charge in [-0.3, -0.25) is 4.90 Å². The Balaban J connectivity index is 1.29. The number of nitrogens with zero attached hydrogens (tertiary/aromatic N) is 3. The second-order valence-electron chi connectivity index (χ2n) is 9.03. The summed E-state index contributed by atoms with van der Waals surface area (Å²) in [4.78, 5) is 5.26. The average Bonchev–Trinajstić information content (AvgIpc) is 3.20. The summed E-state index contributed by atoms with van der Waals surface area (Å²) < 4.78 is 2.29. The van der Waals surface area contributed by atoms with Crippen LogP contribution in [-0.4, -0.2) is 51.7 Å². The molecule has 2 saturated heterocycles. The highest BCUT2D eigenvalue weighted by Crippen LogP contribution is 2.31. The second-order valence-corrected chi connectivity index (χ2v) is 9.03. The number of phenols is 1. The molecule has 1 aromatic heterocycles. The number of hydrogen-bond donors (Lipinski definition) is 1. The number of fused-ring (bicyclic) bond motifs is 1. The third-order valence-electron chi connectivity index (χ3n) is 7.08. The predicted octanol–water partition coefficient (Wildman–Crippen LogP) is 4.85. The van der Waals surface area contributed by atoms with Crippen molar-refractivity contribution in [2.45, 2.75) is 51.2 Å². The molecule has 2 aromatic carbocycles. The van der Waals surface area contributed by atoms with Gasteiger partial charge in [-0.2, -0.15) is 0 Å². The Hall–Kier alpha value is -2.30. The first-order valence-electron chi connectivity index (χ1n) is 11.6. The largest absolute Gasteiger partial charge is 0.508 e. The van der Waals surface area contributed by atoms with E-state index in [9.17, 15) is 5.11 Å². The van der Waals surface area contributed by atoms with Crippen LogP contribution < -0.4 is 0 Å². The van der Waals surface area contributed by atoms with Gasteiger partial charge in [0.05, 0.1) is 0 Å². The Labute approximate surface area is 179 Å². The van der Waals surface area contributed by atoms with Gasteiger partial charge in [0.1, 0.15) is 5.75 Å². The minimum Gasteiger partial charge on any atom is -0.508 e. The molecule has 3 heterocycles. The summed E-state index contributed by atoms with van der Waals surface area (Å²) in [6.45, 7) is 6.53. The van der Waals surface area contributed by atoms with E-state index in [1.54, 1.807) is 0 Å². The van der Waals surface area contributed by atoms with Gasteiger partial charge in [-0.05, 0) is 75.6 Å². The maximum absolute atomic E-state index is 10.6. The molecule has 0 radical (unpaired) electrons. The molecule has 4 heteroatoms. The molecule has 0 saturated carbocycles. The van der Waals surface area contributed by atoms with Gasteiger partial charge in [0.25, 0.3) is 0 Å². The molecule has 5 rings (SSSR count). The number of aromatic hydroxyl groups is 1. The van der Waals surface area contributed by atoms with Crippen LogP contribution in [0, 0.1) is 0 Å². The van der Waals surface area contributed by atoms with Crippen molar-refractivity contribution in [3.8, 4) is 5.75 Å². The van der Waals surface area contributed by atoms with E-state index in [2.05, 4.69) is 63.0 Å². The number of hydrogen-bond acceptors (Lipinski definition) is 3. The van der Waals surface area contributed by atoms with Crippen LogP contribution in [0.25, 0.3) is 10.9 Å². The molecule has 0 bridgehead atoms. The van der Waals surface area contributed by atoms with Crippen molar-refractivity contribution < 1.29 is 5.11 Å². The Morgan fingerprint density at radius 2 is 1.57 bits per heavy atom. The van der Waals surface area contributed by atoms with Crippen molar-refractivity contribution in [2.24, 2.45) is 0 Å². The molecule has 0 aliphatic carbocycles. The Bertz CT molecular complexity index is 967. The van der Waals surface area contributed by atoms with E-state index in [1.807, 2.05) is 6.07 Å². The maximum Gasteiger partial charge on any atom is 0.120 e. The lowest BCUT2D eigenvalue weighted by atomic mass is 9.99. The molecule has 0 atom stereocenters. The second kappa shape index (κ2) is 8.83. The lowest BCUT2D eigenvalue weighted by molar-refractivity contribution is 0.0895. The molecule has 1 N–H and O–H groups in total. The summed E-state index contributed by atoms with van der Waals surface area (Å²) in [5.41, 5.74) is 3.58. The van der Waals surface area contributed by atoms with Gasteiger partial charge in [-0.1, -0.05) is 36.8 Å². The van der Waals surface area contributed by atoms with Crippen LogP contribution >= 0.6 is 0 Å². The number of likely N-dealkylation sites (tertiary alicyclic amines) is 2. The summed E-state index contributed by atoms with van der Waals surface area (Å²) >= 11 is 0. The minimum atomic E-state index is 0.429. The van der Waals surface area contributed by atoms with E-state index < -0.39 is 0 Å². The van der Waals surface area contributed by atoms with Gasteiger partial charge in [-0.15, -0.1) is 0 Å². The molecule has 0 unspecified atom stereocenters. The van der Waals surface area contributed by atoms with Gasteiger partial charge in [0.15, 0.2) is 0 Å². The highest BCUT2D eigenvalue weighted by atomic mass is 16.3. The van der Waals surface area contributed by atoms with E-state index in [0.717, 1.165) is 37.8 Å². The molecule has 0 amide bonds. The number of aromatic nitrogens is 1. The minimum absolute atomic E-state index is 0.429. The summed E-state index contributed by atoms with van der Waals surface area (Å²) in [6, 6.07) is 17.4. The van der Waals surface area contributed by atoms with Crippen LogP contribution in [0.3, 0.4) is 0 Å². The zero-order valence-corrected chi connectivity index (χ0v) is 17.8. The van der Waals surface area contributed by atoms with Crippen LogP contribution in [0.15, 0.2) is 54.7 Å². The average molecular weight is 404 g/mol. The maximum atomic E-state index is 10.6. The summed E-state index contributed by atoms with van der Waals surface area (Å²) in [5.74, 6) is 0.429. The van der Waals surface area contributed by atoms with Crippen LogP contribution in [0.5, 0.6) is 5.75 Å². The molecular weight excluding hydrogens is 370 g/mol. The van der Waals surface area contributed by atoms with E-state index in [1.165, 1.54) is 61.7 Å². The zero-order chi connectivity index (χ0) is 20.3. The third kappa shape index (κ3) is 4.12. The van der Waals surface area contributed by atoms with E-state index in [0.29, 0.717) is 5.75 Å². The van der Waals surface area contributed by atoms with Gasteiger partial charge in [0, 0.05) is 41.8 Å². The Morgan fingerprint density at radius 3 is 2.33 bits per heavy atom. The molecule has 3 aromatic rings. The van der Waals surface area contributed by atoms with Crippen molar-refractivity contribution in [2.75, 3.05) is 26.2 Å². The molecule has 2 fully saturated rings. The highest BCUT2D eigenvalue weighted by molar-refractivity contribution is 5.86. The number of benzene rings is 2. The summed E-state index contributed by atoms with van der Waals surface area (Å²) in [7, 11) is 0. The molecule has 158 valence electrons. The van der Waals surface area contributed by atoms with E-state index >= 15 is 0 Å². The fourth-order valence-electron chi connectivity index (χ4n) is 5.36. The Morgan fingerprint density at radius 1 is 0.800 bits per heavy atom. The van der Waals surface area contributed by atoms with Gasteiger partial charge < -0.3 is 14.6 Å². The quantitative estimate of drug-likeness (QED) is 0.661. The first-order chi connectivity index (χ1) is 14.8. The molecule has 2 aliphatic rings. The lowest BCUT2D eigenvalue weighted by Crippen LogP contribution is -2.46. The number of phenolic OH excluding ortho intramolecular Hbond substituents is 1. The van der Waals surface area contributed by atoms with Crippen molar-refractivity contribution in [1.29, 1.82) is 0 Å². The first-order valence-corrected chi connectivity index (χ1v) is 11.6. The molecule has 0 spiro atoms. The topological polar surface area (TPSA) is 31.6 Å². The highest BCUT2D eigenvalue weighted by Gasteiger charge is 2.26. The van der Waals surface area contributed by atoms with Crippen molar-refractivity contribution in [1.82, 2.24) is 14.4 Å². The fourth-order valence-corrected chi connectivity index (χ4v) is 5.36. The van der Waals surface area contributed by atoms with Crippen LogP contribution in [-0.2, 0) is 13.1 Å². The number of rotatable bonds is 5. The van der Waals surface area contributed by atoms with Crippen LogP contribution in [0.4, 0.5) is 0 Å². The van der Waals surface area contributed by atoms with Crippen molar-refractivity contribution in [3.63, 3.8) is 0 Å². The molecule has 30 heavy (non-hydrogen) atoms. The predicted molar refractivity (Wildman–Crippen MR) is 123 cm³/mol. The standard InChI is InChI=1S/C26H33N3O/c30-26-10-9-25-23(13-18-29(25)19-21-7-3-1-4-8-21)24(26)20-27-16-11-22(12-17-27)28-14-5-2-6-15-28/h1,3-4,7-10,13,18,22,30H,2,5-6,11-12,14-17,19-20H2. The van der Waals surface area contributed by atoms with Crippen molar-refractivity contribution in [3.05, 3.63) is 65.9 Å². The molecule has 2 aliphatic heterocycles. The zero-order valence-electron chi connectivity index (χ0n) is 17.8. The van der Waals surface area contributed by atoms with Gasteiger partial charge >= 0.3 is 0 Å². The summed E-state index contributed by atoms with van der Waals surface area (Å²) in [6.07, 6.45) is 8.81. The van der Waals surface area contributed by atoms with E-state index in [4.69, 9.17) is 0 Å². The third-order valence-corrected chi connectivity index (χ3v) is 7.08. The molecule has 4 nitrogen and oxygen atoms in total. The summed E-state index contributed by atoms with van der Waals surface area (Å²) in [5, 5.41) is 11.8. The van der Waals surface area contributed by atoms with Gasteiger partial charge in [-0.25, -0.2) is 0 Å². The SMILES string of the molecule is Oc1ccc2c(ccn2Cc2ccccc2)c1CN1CCC(N2CCCCC2)CC1. The van der Waals surface area contributed by atoms with E-state index in [-0.39, 0.29) is 0 Å². The molecular formula is C26H33N3O. The number of piperidine rings is 2. The normalized spacial score (nSPS) is 19.5. The Kier molecular flexibility index (Phi) is 5.78. The fraction of sp³-hybridized carbons (Fsp3) is 0.462. The van der Waals surface area contributed by atoms with Crippen LogP contribution in [0.2, 0.25) is 0 Å². The van der Waals surface area contributed by atoms with Crippen molar-refractivity contribution >= 4 is 10.9 Å².